The van der Waals surface area contributed by atoms with Crippen LogP contribution in [-0.2, 0) is 14.3 Å². The van der Waals surface area contributed by atoms with Gasteiger partial charge in [-0.15, -0.1) is 0 Å². The number of halogens is 1. The fraction of sp³-hybridized carbons (Fsp3) is 0.350. The first-order chi connectivity index (χ1) is 13.5. The average Bonchev–Trinajstić information content (AvgIpc) is 3.26. The van der Waals surface area contributed by atoms with Gasteiger partial charge in [-0.2, -0.15) is 0 Å². The van der Waals surface area contributed by atoms with Crippen LogP contribution in [0.4, 0.5) is 0 Å². The summed E-state index contributed by atoms with van der Waals surface area (Å²) in [6.07, 6.45) is 3.45. The quantitative estimate of drug-likeness (QED) is 0.500. The molecule has 1 saturated heterocycles. The van der Waals surface area contributed by atoms with Crippen molar-refractivity contribution in [2.24, 2.45) is 5.92 Å². The largest absolute Gasteiger partial charge is 0.461 e. The van der Waals surface area contributed by atoms with E-state index in [0.717, 1.165) is 16.3 Å². The summed E-state index contributed by atoms with van der Waals surface area (Å²) in [5.74, 6) is -1.10. The van der Waals surface area contributed by atoms with Crippen molar-refractivity contribution in [2.45, 2.75) is 26.2 Å². The molecule has 28 heavy (non-hydrogen) atoms. The van der Waals surface area contributed by atoms with Crippen molar-refractivity contribution < 1.29 is 23.5 Å². The molecule has 148 valence electrons. The number of carbonyl (C=O) groups is 3. The SMILES string of the molecule is CCOC(=O)C(=CCC[C@H]1CCNC1=O)NC(=O)c1cc2cc(Br)ccc2o1. The number of hydrogen-bond acceptors (Lipinski definition) is 5. The van der Waals surface area contributed by atoms with Crippen LogP contribution in [0.1, 0.15) is 36.7 Å². The summed E-state index contributed by atoms with van der Waals surface area (Å²) in [6.45, 7) is 2.56. The van der Waals surface area contributed by atoms with Crippen molar-refractivity contribution >= 4 is 44.7 Å². The highest BCUT2D eigenvalue weighted by Gasteiger charge is 2.24. The highest BCUT2D eigenvalue weighted by molar-refractivity contribution is 9.10. The van der Waals surface area contributed by atoms with Crippen LogP contribution >= 0.6 is 15.9 Å². The lowest BCUT2D eigenvalue weighted by Gasteiger charge is -2.09. The number of fused-ring (bicyclic) bond motifs is 1. The van der Waals surface area contributed by atoms with E-state index in [1.165, 1.54) is 0 Å². The maximum absolute atomic E-state index is 12.6. The van der Waals surface area contributed by atoms with Crippen LogP contribution in [0.2, 0.25) is 0 Å². The summed E-state index contributed by atoms with van der Waals surface area (Å²) < 4.78 is 11.5. The lowest BCUT2D eigenvalue weighted by Crippen LogP contribution is -2.28. The maximum Gasteiger partial charge on any atom is 0.354 e. The fourth-order valence-electron chi connectivity index (χ4n) is 3.05. The van der Waals surface area contributed by atoms with Gasteiger partial charge in [0.15, 0.2) is 5.76 Å². The van der Waals surface area contributed by atoms with Gasteiger partial charge in [-0.3, -0.25) is 9.59 Å². The van der Waals surface area contributed by atoms with E-state index < -0.39 is 11.9 Å². The van der Waals surface area contributed by atoms with Gasteiger partial charge in [0.25, 0.3) is 5.91 Å². The lowest BCUT2D eigenvalue weighted by atomic mass is 10.0. The van der Waals surface area contributed by atoms with E-state index in [-0.39, 0.29) is 29.9 Å². The van der Waals surface area contributed by atoms with E-state index in [4.69, 9.17) is 9.15 Å². The molecule has 0 bridgehead atoms. The third kappa shape index (κ3) is 4.81. The molecule has 0 saturated carbocycles. The van der Waals surface area contributed by atoms with Gasteiger partial charge in [-0.1, -0.05) is 22.0 Å². The molecule has 0 spiro atoms. The third-order valence-corrected chi connectivity index (χ3v) is 4.97. The number of esters is 1. The second-order valence-corrected chi connectivity index (χ2v) is 7.35. The van der Waals surface area contributed by atoms with Gasteiger partial charge in [-0.25, -0.2) is 4.79 Å². The van der Waals surface area contributed by atoms with Crippen LogP contribution in [0, 0.1) is 5.92 Å². The van der Waals surface area contributed by atoms with Crippen molar-refractivity contribution in [1.82, 2.24) is 10.6 Å². The normalized spacial score (nSPS) is 16.9. The van der Waals surface area contributed by atoms with E-state index >= 15 is 0 Å². The molecule has 2 N–H and O–H groups in total. The van der Waals surface area contributed by atoms with Crippen molar-refractivity contribution in [3.05, 3.63) is 46.3 Å². The molecule has 2 heterocycles. The zero-order valence-electron chi connectivity index (χ0n) is 15.4. The first-order valence-electron chi connectivity index (χ1n) is 9.13. The molecule has 3 rings (SSSR count). The Balaban J connectivity index is 1.71. The number of ether oxygens (including phenoxy) is 1. The molecule has 1 fully saturated rings. The molecule has 1 aliphatic heterocycles. The number of nitrogens with one attached hydrogen (secondary N) is 2. The number of furan rings is 1. The summed E-state index contributed by atoms with van der Waals surface area (Å²) in [4.78, 5) is 36.4. The van der Waals surface area contributed by atoms with E-state index in [1.807, 2.05) is 12.1 Å². The fourth-order valence-corrected chi connectivity index (χ4v) is 3.43. The molecular weight excluding hydrogens is 428 g/mol. The molecule has 2 aromatic rings. The predicted octanol–water partition coefficient (Wildman–Crippen LogP) is 3.29. The summed E-state index contributed by atoms with van der Waals surface area (Å²) in [7, 11) is 0. The highest BCUT2D eigenvalue weighted by atomic mass is 79.9. The molecule has 0 aliphatic carbocycles. The van der Waals surface area contributed by atoms with Gasteiger partial charge in [-0.05, 0) is 50.5 Å². The van der Waals surface area contributed by atoms with Crippen molar-refractivity contribution in [3.8, 4) is 0 Å². The van der Waals surface area contributed by atoms with E-state index in [2.05, 4.69) is 26.6 Å². The maximum atomic E-state index is 12.6. The minimum Gasteiger partial charge on any atom is -0.461 e. The van der Waals surface area contributed by atoms with Crippen LogP contribution in [-0.4, -0.2) is 30.9 Å². The Morgan fingerprint density at radius 2 is 2.21 bits per heavy atom. The Morgan fingerprint density at radius 1 is 1.39 bits per heavy atom. The van der Waals surface area contributed by atoms with Crippen LogP contribution < -0.4 is 10.6 Å². The number of amides is 2. The van der Waals surface area contributed by atoms with Crippen LogP contribution in [0.3, 0.4) is 0 Å². The summed E-state index contributed by atoms with van der Waals surface area (Å²) in [5.41, 5.74) is 0.620. The third-order valence-electron chi connectivity index (χ3n) is 4.47. The molecule has 1 aromatic carbocycles. The van der Waals surface area contributed by atoms with Crippen molar-refractivity contribution in [3.63, 3.8) is 0 Å². The molecule has 7 nitrogen and oxygen atoms in total. The number of allylic oxidation sites excluding steroid dienone is 1. The molecule has 2 amide bonds. The number of benzene rings is 1. The van der Waals surface area contributed by atoms with Crippen LogP contribution in [0.25, 0.3) is 11.0 Å². The van der Waals surface area contributed by atoms with Gasteiger partial charge in [0, 0.05) is 22.3 Å². The van der Waals surface area contributed by atoms with Gasteiger partial charge in [0.1, 0.15) is 11.3 Å². The van der Waals surface area contributed by atoms with E-state index in [0.29, 0.717) is 25.0 Å². The monoisotopic (exact) mass is 448 g/mol. The Morgan fingerprint density at radius 3 is 2.93 bits per heavy atom. The second kappa shape index (κ2) is 9.05. The van der Waals surface area contributed by atoms with Gasteiger partial charge < -0.3 is 19.8 Å². The number of carbonyl (C=O) groups excluding carboxylic acids is 3. The van der Waals surface area contributed by atoms with Crippen molar-refractivity contribution in [1.29, 1.82) is 0 Å². The first kappa shape index (κ1) is 20.1. The number of rotatable bonds is 7. The summed E-state index contributed by atoms with van der Waals surface area (Å²) >= 11 is 3.37. The smallest absolute Gasteiger partial charge is 0.354 e. The standard InChI is InChI=1S/C20H21BrN2O5/c1-2-27-20(26)15(5-3-4-12-8-9-22-18(12)24)23-19(25)17-11-13-10-14(21)6-7-16(13)28-17/h5-7,10-12H,2-4,8-9H2,1H3,(H,22,24)(H,23,25)/t12-/m0/s1. The van der Waals surface area contributed by atoms with Gasteiger partial charge in [0.2, 0.25) is 5.91 Å². The lowest BCUT2D eigenvalue weighted by molar-refractivity contribution is -0.138. The highest BCUT2D eigenvalue weighted by Crippen LogP contribution is 2.23. The van der Waals surface area contributed by atoms with E-state index in [1.54, 1.807) is 25.1 Å². The van der Waals surface area contributed by atoms with Crippen molar-refractivity contribution in [2.75, 3.05) is 13.2 Å². The molecular formula is C20H21BrN2O5. The average molecular weight is 449 g/mol. The molecule has 0 radical (unpaired) electrons. The Hall–Kier alpha value is -2.61. The predicted molar refractivity (Wildman–Crippen MR) is 106 cm³/mol. The molecule has 0 unspecified atom stereocenters. The number of hydrogen-bond donors (Lipinski definition) is 2. The molecule has 1 atom stereocenters. The minimum atomic E-state index is -0.620. The Bertz CT molecular complexity index is 934. The topological polar surface area (TPSA) is 97.6 Å². The van der Waals surface area contributed by atoms with Gasteiger partial charge >= 0.3 is 5.97 Å². The Labute approximate surface area is 170 Å². The van der Waals surface area contributed by atoms with Gasteiger partial charge in [0.05, 0.1) is 6.61 Å². The Kier molecular flexibility index (Phi) is 6.51. The van der Waals surface area contributed by atoms with Crippen LogP contribution in [0.15, 0.2) is 44.9 Å². The zero-order chi connectivity index (χ0) is 20.1. The molecule has 1 aliphatic rings. The zero-order valence-corrected chi connectivity index (χ0v) is 17.0. The summed E-state index contributed by atoms with van der Waals surface area (Å²) in [5, 5.41) is 6.13. The summed E-state index contributed by atoms with van der Waals surface area (Å²) in [6, 6.07) is 7.02. The molecule has 1 aromatic heterocycles. The minimum absolute atomic E-state index is 0.0311. The first-order valence-corrected chi connectivity index (χ1v) is 9.92. The second-order valence-electron chi connectivity index (χ2n) is 6.44. The van der Waals surface area contributed by atoms with Crippen LogP contribution in [0.5, 0.6) is 0 Å². The van der Waals surface area contributed by atoms with E-state index in [9.17, 15) is 14.4 Å². The molecule has 8 heteroatoms.